The lowest BCUT2D eigenvalue weighted by molar-refractivity contribution is -0.121. The summed E-state index contributed by atoms with van der Waals surface area (Å²) >= 11 is 0. The average Bonchev–Trinajstić information content (AvgIpc) is 3.56. The van der Waals surface area contributed by atoms with Crippen LogP contribution in [0.25, 0.3) is 32.9 Å². The molecule has 1 aliphatic heterocycles. The van der Waals surface area contributed by atoms with Gasteiger partial charge in [-0.05, 0) is 67.9 Å². The highest BCUT2D eigenvalue weighted by Gasteiger charge is 2.26. The predicted octanol–water partition coefficient (Wildman–Crippen LogP) is 4.44. The zero-order valence-corrected chi connectivity index (χ0v) is 23.3. The Morgan fingerprint density at radius 3 is 2.64 bits per heavy atom. The molecule has 3 heterocycles. The van der Waals surface area contributed by atoms with Gasteiger partial charge in [0.25, 0.3) is 0 Å². The van der Waals surface area contributed by atoms with E-state index >= 15 is 4.39 Å². The largest absolute Gasteiger partial charge is 0.465 e. The molecule has 2 N–H and O–H groups in total. The molecule has 9 nitrogen and oxygen atoms in total. The van der Waals surface area contributed by atoms with Gasteiger partial charge in [-0.2, -0.15) is 10.2 Å². The van der Waals surface area contributed by atoms with E-state index in [1.165, 1.54) is 31.4 Å². The van der Waals surface area contributed by atoms with E-state index in [1.54, 1.807) is 21.6 Å². The van der Waals surface area contributed by atoms with Crippen molar-refractivity contribution in [3.63, 3.8) is 0 Å². The van der Waals surface area contributed by atoms with E-state index < -0.39 is 11.8 Å². The fraction of sp³-hybridized carbons (Fsp3) is 0.290. The van der Waals surface area contributed by atoms with Crippen LogP contribution in [0, 0.1) is 11.6 Å². The Morgan fingerprint density at radius 2 is 1.86 bits per heavy atom. The third kappa shape index (κ3) is 5.11. The number of benzene rings is 3. The van der Waals surface area contributed by atoms with Gasteiger partial charge in [-0.3, -0.25) is 14.2 Å². The fourth-order valence-electron chi connectivity index (χ4n) is 5.70. The molecule has 2 aromatic heterocycles. The van der Waals surface area contributed by atoms with Crippen molar-refractivity contribution in [2.75, 3.05) is 20.2 Å². The fourth-order valence-corrected chi connectivity index (χ4v) is 5.70. The molecule has 216 valence electrons. The van der Waals surface area contributed by atoms with E-state index in [1.807, 2.05) is 25.2 Å². The number of nitrogens with zero attached hydrogens (tertiary/aromatic N) is 4. The number of aromatic nitrogens is 4. The van der Waals surface area contributed by atoms with Gasteiger partial charge in [0.2, 0.25) is 5.91 Å². The second-order valence-corrected chi connectivity index (χ2v) is 10.5. The molecule has 6 rings (SSSR count). The highest BCUT2D eigenvalue weighted by molar-refractivity contribution is 6.00. The van der Waals surface area contributed by atoms with Crippen molar-refractivity contribution >= 4 is 33.7 Å². The number of amides is 1. The van der Waals surface area contributed by atoms with Crippen LogP contribution in [0.3, 0.4) is 0 Å². The molecule has 0 unspecified atom stereocenters. The van der Waals surface area contributed by atoms with E-state index in [0.717, 1.165) is 42.5 Å². The maximum atomic E-state index is 15.5. The van der Waals surface area contributed by atoms with E-state index in [9.17, 15) is 14.0 Å². The van der Waals surface area contributed by atoms with Gasteiger partial charge in [-0.1, -0.05) is 12.1 Å². The number of aryl methyl sites for hydroxylation is 1. The molecular formula is C31H30F2N6O3. The quantitative estimate of drug-likeness (QED) is 0.280. The van der Waals surface area contributed by atoms with E-state index in [4.69, 9.17) is 9.84 Å². The maximum absolute atomic E-state index is 15.5. The Labute approximate surface area is 240 Å². The SMILES string of the molecule is COC(=O)c1ccc(F)c(CNC(=O)Cn2nc(C3CCNCC3)c3c(-c4cc5c(cnn5C)cc4F)cccc32)c1. The average molecular weight is 573 g/mol. The van der Waals surface area contributed by atoms with Gasteiger partial charge in [0.15, 0.2) is 0 Å². The molecule has 3 aromatic carbocycles. The molecule has 0 saturated carbocycles. The molecule has 5 aromatic rings. The predicted molar refractivity (Wildman–Crippen MR) is 154 cm³/mol. The number of nitrogens with one attached hydrogen (secondary N) is 2. The number of piperidine rings is 1. The van der Waals surface area contributed by atoms with Gasteiger partial charge in [0.1, 0.15) is 18.2 Å². The zero-order valence-electron chi connectivity index (χ0n) is 23.3. The summed E-state index contributed by atoms with van der Waals surface area (Å²) in [4.78, 5) is 25.0. The molecule has 0 spiro atoms. The summed E-state index contributed by atoms with van der Waals surface area (Å²) in [6.07, 6.45) is 3.37. The Hall–Kier alpha value is -4.64. The van der Waals surface area contributed by atoms with Crippen molar-refractivity contribution in [3.05, 3.63) is 83.2 Å². The number of methoxy groups -OCH3 is 1. The first-order valence-electron chi connectivity index (χ1n) is 13.8. The van der Waals surface area contributed by atoms with Crippen LogP contribution in [0.2, 0.25) is 0 Å². The summed E-state index contributed by atoms with van der Waals surface area (Å²) in [5.41, 5.74) is 3.84. The summed E-state index contributed by atoms with van der Waals surface area (Å²) < 4.78 is 38.0. The van der Waals surface area contributed by atoms with Crippen molar-refractivity contribution in [1.29, 1.82) is 0 Å². The van der Waals surface area contributed by atoms with Crippen LogP contribution in [0.4, 0.5) is 8.78 Å². The lowest BCUT2D eigenvalue weighted by Gasteiger charge is -2.21. The highest BCUT2D eigenvalue weighted by Crippen LogP contribution is 2.39. The van der Waals surface area contributed by atoms with Crippen LogP contribution in [0.15, 0.2) is 54.7 Å². The maximum Gasteiger partial charge on any atom is 0.337 e. The molecule has 0 radical (unpaired) electrons. The van der Waals surface area contributed by atoms with Crippen LogP contribution < -0.4 is 10.6 Å². The van der Waals surface area contributed by atoms with Crippen LogP contribution >= 0.6 is 0 Å². The van der Waals surface area contributed by atoms with E-state index in [2.05, 4.69) is 15.7 Å². The number of fused-ring (bicyclic) bond motifs is 2. The summed E-state index contributed by atoms with van der Waals surface area (Å²) in [7, 11) is 3.07. The van der Waals surface area contributed by atoms with E-state index in [-0.39, 0.29) is 41.9 Å². The Morgan fingerprint density at radius 1 is 1.05 bits per heavy atom. The van der Waals surface area contributed by atoms with Gasteiger partial charge < -0.3 is 15.4 Å². The summed E-state index contributed by atoms with van der Waals surface area (Å²) in [5.74, 6) is -1.74. The lowest BCUT2D eigenvalue weighted by atomic mass is 9.89. The van der Waals surface area contributed by atoms with Crippen molar-refractivity contribution in [3.8, 4) is 11.1 Å². The van der Waals surface area contributed by atoms with Crippen LogP contribution in [0.1, 0.15) is 40.4 Å². The number of ether oxygens (including phenoxy) is 1. The number of rotatable bonds is 7. The number of carbonyl (C=O) groups excluding carboxylic acids is 2. The van der Waals surface area contributed by atoms with Gasteiger partial charge in [0, 0.05) is 41.4 Å². The Bertz CT molecular complexity index is 1820. The molecule has 42 heavy (non-hydrogen) atoms. The number of esters is 1. The minimum atomic E-state index is -0.592. The first-order valence-corrected chi connectivity index (χ1v) is 13.8. The first kappa shape index (κ1) is 27.5. The topological polar surface area (TPSA) is 103 Å². The molecule has 1 amide bonds. The minimum Gasteiger partial charge on any atom is -0.465 e. The van der Waals surface area contributed by atoms with Crippen molar-refractivity contribution < 1.29 is 23.1 Å². The molecule has 0 aliphatic carbocycles. The molecule has 1 aliphatic rings. The second kappa shape index (κ2) is 11.3. The van der Waals surface area contributed by atoms with Gasteiger partial charge in [-0.25, -0.2) is 13.6 Å². The normalized spacial score (nSPS) is 14.0. The smallest absolute Gasteiger partial charge is 0.337 e. The third-order valence-corrected chi connectivity index (χ3v) is 7.89. The lowest BCUT2D eigenvalue weighted by Crippen LogP contribution is -2.28. The van der Waals surface area contributed by atoms with Crippen LogP contribution in [-0.2, 0) is 29.7 Å². The van der Waals surface area contributed by atoms with Crippen molar-refractivity contribution in [2.45, 2.75) is 31.8 Å². The van der Waals surface area contributed by atoms with Gasteiger partial charge in [-0.15, -0.1) is 0 Å². The number of hydrogen-bond acceptors (Lipinski definition) is 6. The molecule has 11 heteroatoms. The molecule has 0 atom stereocenters. The monoisotopic (exact) mass is 572 g/mol. The minimum absolute atomic E-state index is 0.114. The van der Waals surface area contributed by atoms with E-state index in [0.29, 0.717) is 22.0 Å². The Kier molecular flexibility index (Phi) is 7.42. The molecule has 0 bridgehead atoms. The van der Waals surface area contributed by atoms with Crippen molar-refractivity contribution in [2.24, 2.45) is 7.05 Å². The number of carbonyl (C=O) groups is 2. The van der Waals surface area contributed by atoms with Gasteiger partial charge >= 0.3 is 5.97 Å². The molecule has 1 saturated heterocycles. The summed E-state index contributed by atoms with van der Waals surface area (Å²) in [5, 5.41) is 16.8. The Balaban J connectivity index is 1.36. The summed E-state index contributed by atoms with van der Waals surface area (Å²) in [6.45, 7) is 1.45. The first-order chi connectivity index (χ1) is 20.3. The zero-order chi connectivity index (χ0) is 29.4. The molecular weight excluding hydrogens is 542 g/mol. The third-order valence-electron chi connectivity index (χ3n) is 7.89. The molecule has 1 fully saturated rings. The standard InChI is InChI=1S/C31H30F2N6O3/c1-38-27-14-23(25(33)13-21(27)16-36-38)22-4-3-5-26-29(22)30(18-8-10-34-11-9-18)37-39(26)17-28(40)35-15-20-12-19(31(41)42-2)6-7-24(20)32/h3-7,12-14,16,18,34H,8-11,15,17H2,1-2H3,(H,35,40). The number of hydrogen-bond donors (Lipinski definition) is 2. The number of halogens is 2. The highest BCUT2D eigenvalue weighted by atomic mass is 19.1. The summed E-state index contributed by atoms with van der Waals surface area (Å²) in [6, 6.07) is 12.8. The van der Waals surface area contributed by atoms with Crippen LogP contribution in [-0.4, -0.2) is 51.6 Å². The van der Waals surface area contributed by atoms with Crippen LogP contribution in [0.5, 0.6) is 0 Å². The van der Waals surface area contributed by atoms with Crippen molar-refractivity contribution in [1.82, 2.24) is 30.2 Å². The second-order valence-electron chi connectivity index (χ2n) is 10.5. The van der Waals surface area contributed by atoms with Gasteiger partial charge in [0.05, 0.1) is 35.6 Å².